The number of guanidine groups is 1. The van der Waals surface area contributed by atoms with E-state index in [1.54, 1.807) is 7.11 Å². The molecule has 2 N–H and O–H groups in total. The molecule has 1 aliphatic heterocycles. The number of nitrogens with zero attached hydrogens (tertiary/aromatic N) is 4. The summed E-state index contributed by atoms with van der Waals surface area (Å²) in [5.41, 5.74) is 1.95. The number of rotatable bonds is 9. The number of ether oxygens (including phenoxy) is 2. The second-order valence-electron chi connectivity index (χ2n) is 7.56. The summed E-state index contributed by atoms with van der Waals surface area (Å²) in [5.74, 6) is 3.16. The molecule has 0 saturated carbocycles. The van der Waals surface area contributed by atoms with Crippen molar-refractivity contribution in [1.82, 2.24) is 15.2 Å². The molecule has 9 heteroatoms. The lowest BCUT2D eigenvalue weighted by Crippen LogP contribution is -2.46. The fourth-order valence-corrected chi connectivity index (χ4v) is 3.62. The van der Waals surface area contributed by atoms with Crippen molar-refractivity contribution in [3.8, 4) is 11.5 Å². The van der Waals surface area contributed by atoms with Crippen molar-refractivity contribution < 1.29 is 9.47 Å². The van der Waals surface area contributed by atoms with Gasteiger partial charge >= 0.3 is 0 Å². The standard InChI is InChI=1S/C24H36N6O2.HI/c1-5-25-24(28-20-9-10-21(32-7-3)22(16-20)31-4)27-18-19-8-11-23(26-17-19)30-14-12-29(6-2)13-15-30;/h8-11,16-17H,5-7,12-15,18H2,1-4H3,(H2,25,27,28);1H. The summed E-state index contributed by atoms with van der Waals surface area (Å²) in [5, 5.41) is 6.62. The maximum atomic E-state index is 5.59. The van der Waals surface area contributed by atoms with Crippen molar-refractivity contribution in [2.45, 2.75) is 27.3 Å². The minimum Gasteiger partial charge on any atom is -0.493 e. The normalized spacial score (nSPS) is 14.4. The molecule has 0 spiro atoms. The molecule has 0 atom stereocenters. The summed E-state index contributed by atoms with van der Waals surface area (Å²) < 4.78 is 11.0. The zero-order valence-electron chi connectivity index (χ0n) is 20.1. The Hall–Kier alpha value is -2.27. The molecule has 3 rings (SSSR count). The number of nitrogens with one attached hydrogen (secondary N) is 2. The number of anilines is 2. The zero-order chi connectivity index (χ0) is 22.8. The van der Waals surface area contributed by atoms with Gasteiger partial charge in [0.2, 0.25) is 0 Å². The molecule has 1 aromatic heterocycles. The molecular formula is C24H37IN6O2. The number of aromatic nitrogens is 1. The van der Waals surface area contributed by atoms with E-state index >= 15 is 0 Å². The average molecular weight is 569 g/mol. The highest BCUT2D eigenvalue weighted by atomic mass is 127. The first-order valence-electron chi connectivity index (χ1n) is 11.4. The van der Waals surface area contributed by atoms with Crippen molar-refractivity contribution in [2.75, 3.05) is 63.2 Å². The van der Waals surface area contributed by atoms with Gasteiger partial charge in [-0.25, -0.2) is 9.98 Å². The molecule has 0 radical (unpaired) electrons. The van der Waals surface area contributed by atoms with Crippen LogP contribution in [-0.2, 0) is 6.54 Å². The van der Waals surface area contributed by atoms with E-state index in [0.717, 1.165) is 62.1 Å². The third-order valence-electron chi connectivity index (χ3n) is 5.44. The Labute approximate surface area is 214 Å². The molecule has 1 aromatic carbocycles. The molecule has 0 unspecified atom stereocenters. The number of hydrogen-bond donors (Lipinski definition) is 2. The van der Waals surface area contributed by atoms with Gasteiger partial charge in [0.25, 0.3) is 0 Å². The van der Waals surface area contributed by atoms with Crippen LogP contribution in [0.3, 0.4) is 0 Å². The van der Waals surface area contributed by atoms with E-state index in [4.69, 9.17) is 14.5 Å². The molecular weight excluding hydrogens is 531 g/mol. The Kier molecular flexibility index (Phi) is 11.5. The number of halogens is 1. The Morgan fingerprint density at radius 2 is 1.85 bits per heavy atom. The topological polar surface area (TPSA) is 74.3 Å². The SMILES string of the molecule is CCNC(=NCc1ccc(N2CCN(CC)CC2)nc1)Nc1ccc(OCC)c(OC)c1.I. The molecule has 1 fully saturated rings. The minimum absolute atomic E-state index is 0. The van der Waals surface area contributed by atoms with Crippen LogP contribution in [0.4, 0.5) is 11.5 Å². The van der Waals surface area contributed by atoms with Crippen molar-refractivity contribution in [1.29, 1.82) is 0 Å². The first-order valence-corrected chi connectivity index (χ1v) is 11.4. The molecule has 33 heavy (non-hydrogen) atoms. The maximum Gasteiger partial charge on any atom is 0.196 e. The number of pyridine rings is 1. The predicted octanol–water partition coefficient (Wildman–Crippen LogP) is 3.83. The van der Waals surface area contributed by atoms with Crippen LogP contribution in [0.15, 0.2) is 41.5 Å². The van der Waals surface area contributed by atoms with Crippen LogP contribution < -0.4 is 25.0 Å². The van der Waals surface area contributed by atoms with Gasteiger partial charge in [-0.2, -0.15) is 0 Å². The molecule has 2 heterocycles. The van der Waals surface area contributed by atoms with Crippen LogP contribution in [0.5, 0.6) is 11.5 Å². The van der Waals surface area contributed by atoms with Gasteiger partial charge < -0.3 is 29.9 Å². The molecule has 182 valence electrons. The third-order valence-corrected chi connectivity index (χ3v) is 5.44. The average Bonchev–Trinajstić information content (AvgIpc) is 2.84. The molecule has 1 aliphatic rings. The van der Waals surface area contributed by atoms with Crippen LogP contribution in [0.1, 0.15) is 26.3 Å². The predicted molar refractivity (Wildman–Crippen MR) is 147 cm³/mol. The van der Waals surface area contributed by atoms with Crippen LogP contribution in [0.2, 0.25) is 0 Å². The van der Waals surface area contributed by atoms with Crippen molar-refractivity contribution in [3.05, 3.63) is 42.1 Å². The van der Waals surface area contributed by atoms with Crippen molar-refractivity contribution >= 4 is 41.4 Å². The lowest BCUT2D eigenvalue weighted by molar-refractivity contribution is 0.270. The molecule has 2 aromatic rings. The summed E-state index contributed by atoms with van der Waals surface area (Å²) in [6.07, 6.45) is 1.93. The highest BCUT2D eigenvalue weighted by molar-refractivity contribution is 14.0. The van der Waals surface area contributed by atoms with Crippen LogP contribution >= 0.6 is 24.0 Å². The molecule has 8 nitrogen and oxygen atoms in total. The molecule has 1 saturated heterocycles. The van der Waals surface area contributed by atoms with Gasteiger partial charge in [0.1, 0.15) is 5.82 Å². The summed E-state index contributed by atoms with van der Waals surface area (Å²) in [6.45, 7) is 13.5. The van der Waals surface area contributed by atoms with Crippen LogP contribution in [0.25, 0.3) is 0 Å². The molecule has 0 aliphatic carbocycles. The van der Waals surface area contributed by atoms with E-state index < -0.39 is 0 Å². The van der Waals surface area contributed by atoms with E-state index in [-0.39, 0.29) is 24.0 Å². The van der Waals surface area contributed by atoms with E-state index in [0.29, 0.717) is 24.9 Å². The van der Waals surface area contributed by atoms with Crippen LogP contribution in [0, 0.1) is 0 Å². The molecule has 0 bridgehead atoms. The van der Waals surface area contributed by atoms with Gasteiger partial charge in [-0.3, -0.25) is 0 Å². The van der Waals surface area contributed by atoms with Gasteiger partial charge in [0.15, 0.2) is 17.5 Å². The Bertz CT molecular complexity index is 870. The van der Waals surface area contributed by atoms with Gasteiger partial charge in [0, 0.05) is 50.7 Å². The smallest absolute Gasteiger partial charge is 0.196 e. The number of likely N-dealkylation sites (N-methyl/N-ethyl adjacent to an activating group) is 1. The number of aliphatic imine (C=N–C) groups is 1. The summed E-state index contributed by atoms with van der Waals surface area (Å²) in [7, 11) is 1.64. The van der Waals surface area contributed by atoms with Gasteiger partial charge in [-0.05, 0) is 44.2 Å². The number of hydrogen-bond acceptors (Lipinski definition) is 6. The second-order valence-corrected chi connectivity index (χ2v) is 7.56. The lowest BCUT2D eigenvalue weighted by atomic mass is 10.2. The number of methoxy groups -OCH3 is 1. The summed E-state index contributed by atoms with van der Waals surface area (Å²) in [6, 6.07) is 9.98. The highest BCUT2D eigenvalue weighted by Gasteiger charge is 2.16. The fraction of sp³-hybridized carbons (Fsp3) is 0.500. The monoisotopic (exact) mass is 568 g/mol. The fourth-order valence-electron chi connectivity index (χ4n) is 3.62. The lowest BCUT2D eigenvalue weighted by Gasteiger charge is -2.34. The summed E-state index contributed by atoms with van der Waals surface area (Å²) >= 11 is 0. The van der Waals surface area contributed by atoms with Crippen molar-refractivity contribution in [3.63, 3.8) is 0 Å². The number of piperazine rings is 1. The van der Waals surface area contributed by atoms with Gasteiger partial charge in [0.05, 0.1) is 20.3 Å². The van der Waals surface area contributed by atoms with E-state index in [9.17, 15) is 0 Å². The first-order chi connectivity index (χ1) is 15.7. The van der Waals surface area contributed by atoms with Crippen LogP contribution in [-0.4, -0.2) is 68.8 Å². The summed E-state index contributed by atoms with van der Waals surface area (Å²) in [4.78, 5) is 14.2. The van der Waals surface area contributed by atoms with E-state index in [1.807, 2.05) is 38.2 Å². The Morgan fingerprint density at radius 3 is 2.45 bits per heavy atom. The largest absolute Gasteiger partial charge is 0.493 e. The quantitative estimate of drug-likeness (QED) is 0.271. The first kappa shape index (κ1) is 27.0. The van der Waals surface area contributed by atoms with Gasteiger partial charge in [-0.1, -0.05) is 13.0 Å². The van der Waals surface area contributed by atoms with E-state index in [1.165, 1.54) is 0 Å². The van der Waals surface area contributed by atoms with E-state index in [2.05, 4.69) is 44.5 Å². The Balaban J connectivity index is 0.00000385. The minimum atomic E-state index is 0. The second kappa shape index (κ2) is 14.1. The Morgan fingerprint density at radius 1 is 1.06 bits per heavy atom. The third kappa shape index (κ3) is 7.92. The zero-order valence-corrected chi connectivity index (χ0v) is 22.5. The highest BCUT2D eigenvalue weighted by Crippen LogP contribution is 2.30. The van der Waals surface area contributed by atoms with Gasteiger partial charge in [-0.15, -0.1) is 24.0 Å². The molecule has 0 amide bonds. The number of benzene rings is 1. The maximum absolute atomic E-state index is 5.59. The van der Waals surface area contributed by atoms with Crippen molar-refractivity contribution in [2.24, 2.45) is 4.99 Å².